The van der Waals surface area contributed by atoms with Crippen LogP contribution in [0.1, 0.15) is 22.1 Å². The summed E-state index contributed by atoms with van der Waals surface area (Å²) in [4.78, 5) is 0. The number of halogens is 4. The molecular weight excluding hydrogens is 289 g/mol. The molecule has 0 aromatic heterocycles. The summed E-state index contributed by atoms with van der Waals surface area (Å²) in [6.45, 7) is 1.97. The first kappa shape index (κ1) is 14.7. The van der Waals surface area contributed by atoms with Gasteiger partial charge in [0, 0.05) is 0 Å². The summed E-state index contributed by atoms with van der Waals surface area (Å²) in [7, 11) is 0. The van der Waals surface area contributed by atoms with E-state index in [9.17, 15) is 13.2 Å². The molecule has 0 aliphatic rings. The molecule has 0 amide bonds. The van der Waals surface area contributed by atoms with Gasteiger partial charge in [0.25, 0.3) is 0 Å². The van der Waals surface area contributed by atoms with E-state index in [-0.39, 0.29) is 5.75 Å². The van der Waals surface area contributed by atoms with E-state index in [1.54, 1.807) is 0 Å². The minimum Gasteiger partial charge on any atom is -0.406 e. The van der Waals surface area contributed by atoms with Crippen molar-refractivity contribution < 1.29 is 17.9 Å². The van der Waals surface area contributed by atoms with Crippen molar-refractivity contribution >= 4 is 11.6 Å². The number of hydrogen-bond donors (Lipinski definition) is 0. The summed E-state index contributed by atoms with van der Waals surface area (Å²) < 4.78 is 40.0. The molecule has 5 heteroatoms. The van der Waals surface area contributed by atoms with Crippen LogP contribution in [0.5, 0.6) is 5.75 Å². The Bertz CT molecular complexity index is 561. The first-order valence-corrected chi connectivity index (χ1v) is 6.35. The van der Waals surface area contributed by atoms with Gasteiger partial charge in [-0.3, -0.25) is 0 Å². The van der Waals surface area contributed by atoms with E-state index in [0.717, 1.165) is 11.1 Å². The Morgan fingerprint density at radius 2 is 1.35 bits per heavy atom. The minimum absolute atomic E-state index is 0.256. The van der Waals surface area contributed by atoms with Crippen LogP contribution in [0.15, 0.2) is 48.5 Å². The number of rotatable bonds is 3. The van der Waals surface area contributed by atoms with Gasteiger partial charge in [-0.25, -0.2) is 0 Å². The lowest BCUT2D eigenvalue weighted by atomic mass is 10.0. The van der Waals surface area contributed by atoms with Crippen LogP contribution in [0, 0.1) is 6.92 Å². The van der Waals surface area contributed by atoms with E-state index >= 15 is 0 Å². The predicted molar refractivity (Wildman–Crippen MR) is 72.0 cm³/mol. The summed E-state index contributed by atoms with van der Waals surface area (Å²) in [5.41, 5.74) is 2.72. The molecule has 0 aliphatic heterocycles. The maximum Gasteiger partial charge on any atom is 0.573 e. The molecule has 2 rings (SSSR count). The Hall–Kier alpha value is -1.68. The molecule has 1 atom stereocenters. The first-order chi connectivity index (χ1) is 9.35. The van der Waals surface area contributed by atoms with Crippen molar-refractivity contribution in [3.05, 3.63) is 65.2 Å². The van der Waals surface area contributed by atoms with Gasteiger partial charge in [0.05, 0.1) is 5.38 Å². The molecule has 1 unspecified atom stereocenters. The maximum absolute atomic E-state index is 12.1. The fourth-order valence-electron chi connectivity index (χ4n) is 1.77. The Balaban J connectivity index is 2.15. The van der Waals surface area contributed by atoms with Crippen molar-refractivity contribution in [3.8, 4) is 5.75 Å². The molecule has 1 nitrogen and oxygen atoms in total. The normalized spacial score (nSPS) is 13.1. The van der Waals surface area contributed by atoms with Gasteiger partial charge in [-0.15, -0.1) is 24.8 Å². The van der Waals surface area contributed by atoms with Crippen LogP contribution < -0.4 is 4.74 Å². The van der Waals surface area contributed by atoms with Crippen molar-refractivity contribution in [2.75, 3.05) is 0 Å². The Morgan fingerprint density at radius 3 is 1.80 bits per heavy atom. The monoisotopic (exact) mass is 300 g/mol. The first-order valence-electron chi connectivity index (χ1n) is 5.91. The Morgan fingerprint density at radius 1 is 0.900 bits per heavy atom. The molecule has 2 aromatic rings. The third-order valence-corrected chi connectivity index (χ3v) is 3.28. The predicted octanol–water partition coefficient (Wildman–Crippen LogP) is 5.22. The molecule has 20 heavy (non-hydrogen) atoms. The molecule has 0 radical (unpaired) electrons. The number of hydrogen-bond acceptors (Lipinski definition) is 1. The lowest BCUT2D eigenvalue weighted by Crippen LogP contribution is -2.17. The van der Waals surface area contributed by atoms with Crippen LogP contribution in [0.2, 0.25) is 0 Å². The number of ether oxygens (including phenoxy) is 1. The van der Waals surface area contributed by atoms with Gasteiger partial charge in [0.15, 0.2) is 0 Å². The molecule has 0 saturated heterocycles. The lowest BCUT2D eigenvalue weighted by molar-refractivity contribution is -0.274. The van der Waals surface area contributed by atoms with Crippen LogP contribution in [-0.2, 0) is 0 Å². The summed E-state index contributed by atoms with van der Waals surface area (Å²) in [5.74, 6) is -0.256. The van der Waals surface area contributed by atoms with Crippen LogP contribution >= 0.6 is 11.6 Å². The van der Waals surface area contributed by atoms with Crippen LogP contribution in [0.3, 0.4) is 0 Å². The van der Waals surface area contributed by atoms with E-state index in [2.05, 4.69) is 4.74 Å². The quantitative estimate of drug-likeness (QED) is 0.706. The van der Waals surface area contributed by atoms with Gasteiger partial charge >= 0.3 is 6.36 Å². The van der Waals surface area contributed by atoms with E-state index < -0.39 is 11.7 Å². The van der Waals surface area contributed by atoms with Crippen LogP contribution in [-0.4, -0.2) is 6.36 Å². The van der Waals surface area contributed by atoms with Gasteiger partial charge in [0.1, 0.15) is 5.75 Å². The fourth-order valence-corrected chi connectivity index (χ4v) is 2.06. The number of benzene rings is 2. The van der Waals surface area contributed by atoms with Crippen molar-refractivity contribution in [1.29, 1.82) is 0 Å². The molecule has 0 fully saturated rings. The van der Waals surface area contributed by atoms with E-state index in [4.69, 9.17) is 11.6 Å². The highest BCUT2D eigenvalue weighted by atomic mass is 35.5. The van der Waals surface area contributed by atoms with Crippen molar-refractivity contribution in [3.63, 3.8) is 0 Å². The SMILES string of the molecule is Cc1ccc(C(Cl)c2ccc(OC(F)(F)F)cc2)cc1. The summed E-state index contributed by atoms with van der Waals surface area (Å²) in [6.07, 6.45) is -4.68. The molecule has 2 aromatic carbocycles. The molecule has 0 N–H and O–H groups in total. The second-order valence-electron chi connectivity index (χ2n) is 4.39. The van der Waals surface area contributed by atoms with Crippen molar-refractivity contribution in [2.24, 2.45) is 0 Å². The van der Waals surface area contributed by atoms with E-state index in [1.807, 2.05) is 31.2 Å². The molecular formula is C15H12ClF3O. The highest BCUT2D eigenvalue weighted by Gasteiger charge is 2.31. The van der Waals surface area contributed by atoms with Crippen molar-refractivity contribution in [2.45, 2.75) is 18.7 Å². The zero-order valence-corrected chi connectivity index (χ0v) is 11.4. The second kappa shape index (κ2) is 5.75. The average Bonchev–Trinajstić information content (AvgIpc) is 2.38. The molecule has 0 spiro atoms. The third kappa shape index (κ3) is 3.90. The molecule has 106 valence electrons. The fraction of sp³-hybridized carbons (Fsp3) is 0.200. The summed E-state index contributed by atoms with van der Waals surface area (Å²) in [5, 5.41) is -0.407. The van der Waals surface area contributed by atoms with Gasteiger partial charge in [-0.2, -0.15) is 0 Å². The molecule has 0 saturated carbocycles. The van der Waals surface area contributed by atoms with Gasteiger partial charge < -0.3 is 4.74 Å². The Kier molecular flexibility index (Phi) is 4.23. The maximum atomic E-state index is 12.1. The number of alkyl halides is 4. The standard InChI is InChI=1S/C15H12ClF3O/c1-10-2-4-11(5-3-10)14(16)12-6-8-13(9-7-12)20-15(17,18)19/h2-9,14H,1H3. The third-order valence-electron chi connectivity index (χ3n) is 2.78. The molecule has 0 bridgehead atoms. The lowest BCUT2D eigenvalue weighted by Gasteiger charge is -2.12. The van der Waals surface area contributed by atoms with E-state index in [0.29, 0.717) is 5.56 Å². The van der Waals surface area contributed by atoms with Crippen LogP contribution in [0.25, 0.3) is 0 Å². The zero-order valence-electron chi connectivity index (χ0n) is 10.6. The summed E-state index contributed by atoms with van der Waals surface area (Å²) in [6, 6.07) is 13.2. The Labute approximate surface area is 119 Å². The minimum atomic E-state index is -4.68. The molecule has 0 aliphatic carbocycles. The highest BCUT2D eigenvalue weighted by molar-refractivity contribution is 6.22. The topological polar surface area (TPSA) is 9.23 Å². The van der Waals surface area contributed by atoms with Gasteiger partial charge in [0.2, 0.25) is 0 Å². The van der Waals surface area contributed by atoms with E-state index in [1.165, 1.54) is 24.3 Å². The highest BCUT2D eigenvalue weighted by Crippen LogP contribution is 2.31. The second-order valence-corrected chi connectivity index (χ2v) is 4.83. The smallest absolute Gasteiger partial charge is 0.406 e. The summed E-state index contributed by atoms with van der Waals surface area (Å²) >= 11 is 6.31. The zero-order chi connectivity index (χ0) is 14.8. The van der Waals surface area contributed by atoms with Gasteiger partial charge in [-0.05, 0) is 30.2 Å². The van der Waals surface area contributed by atoms with Gasteiger partial charge in [-0.1, -0.05) is 42.0 Å². The average molecular weight is 301 g/mol. The number of aryl methyl sites for hydroxylation is 1. The van der Waals surface area contributed by atoms with Crippen LogP contribution in [0.4, 0.5) is 13.2 Å². The molecule has 0 heterocycles. The van der Waals surface area contributed by atoms with Crippen molar-refractivity contribution in [1.82, 2.24) is 0 Å². The largest absolute Gasteiger partial charge is 0.573 e.